The molecule has 3 rings (SSSR count). The standard InChI is InChI=1S/C21H24N2O2/c1-5-23-20(24)18-11-6-7-12-19(18)22-21(23,4)16-9-8-10-17(13-16)25-14-15(2)3/h6-13,22H,2,5,14H2,1,3-4H3. The number of anilines is 1. The molecule has 1 N–H and O–H groups in total. The molecule has 1 amide bonds. The molecule has 0 saturated heterocycles. The number of nitrogens with one attached hydrogen (secondary N) is 1. The maximum atomic E-state index is 13.0. The molecule has 2 aromatic rings. The summed E-state index contributed by atoms with van der Waals surface area (Å²) < 4.78 is 5.78. The Bertz CT molecular complexity index is 815. The van der Waals surface area contributed by atoms with Gasteiger partial charge in [-0.05, 0) is 50.6 Å². The van der Waals surface area contributed by atoms with Crippen LogP contribution in [0, 0.1) is 0 Å². The van der Waals surface area contributed by atoms with E-state index >= 15 is 0 Å². The molecule has 0 aliphatic carbocycles. The number of benzene rings is 2. The van der Waals surface area contributed by atoms with Crippen LogP contribution < -0.4 is 10.1 Å². The van der Waals surface area contributed by atoms with Crippen LogP contribution in [0.4, 0.5) is 5.69 Å². The van der Waals surface area contributed by atoms with Crippen LogP contribution in [0.3, 0.4) is 0 Å². The Kier molecular flexibility index (Phi) is 4.53. The molecule has 1 atom stereocenters. The Balaban J connectivity index is 2.01. The molecule has 1 unspecified atom stereocenters. The highest BCUT2D eigenvalue weighted by molar-refractivity contribution is 6.02. The first-order chi connectivity index (χ1) is 12.0. The van der Waals surface area contributed by atoms with Gasteiger partial charge in [-0.15, -0.1) is 0 Å². The van der Waals surface area contributed by atoms with Crippen LogP contribution in [0.1, 0.15) is 36.7 Å². The number of hydrogen-bond acceptors (Lipinski definition) is 3. The average molecular weight is 336 g/mol. The fourth-order valence-electron chi connectivity index (χ4n) is 3.24. The number of amides is 1. The fourth-order valence-corrected chi connectivity index (χ4v) is 3.24. The minimum absolute atomic E-state index is 0.0348. The van der Waals surface area contributed by atoms with Crippen LogP contribution >= 0.6 is 0 Å². The number of hydrogen-bond donors (Lipinski definition) is 1. The molecule has 1 heterocycles. The van der Waals surface area contributed by atoms with Gasteiger partial charge in [0.05, 0.1) is 5.56 Å². The van der Waals surface area contributed by atoms with E-state index in [9.17, 15) is 4.79 Å². The van der Waals surface area contributed by atoms with Gasteiger partial charge in [0.1, 0.15) is 18.0 Å². The lowest BCUT2D eigenvalue weighted by molar-refractivity contribution is 0.0552. The van der Waals surface area contributed by atoms with Gasteiger partial charge in [-0.2, -0.15) is 0 Å². The topological polar surface area (TPSA) is 41.6 Å². The smallest absolute Gasteiger partial charge is 0.258 e. The van der Waals surface area contributed by atoms with Gasteiger partial charge in [-0.25, -0.2) is 0 Å². The highest BCUT2D eigenvalue weighted by atomic mass is 16.5. The molecule has 4 nitrogen and oxygen atoms in total. The first-order valence-corrected chi connectivity index (χ1v) is 8.52. The van der Waals surface area contributed by atoms with Crippen LogP contribution in [-0.2, 0) is 5.66 Å². The molecular formula is C21H24N2O2. The molecular weight excluding hydrogens is 312 g/mol. The quantitative estimate of drug-likeness (QED) is 0.823. The Morgan fingerprint density at radius 1 is 1.24 bits per heavy atom. The van der Waals surface area contributed by atoms with Crippen molar-refractivity contribution in [2.24, 2.45) is 0 Å². The summed E-state index contributed by atoms with van der Waals surface area (Å²) in [5.74, 6) is 0.804. The number of rotatable bonds is 5. The Morgan fingerprint density at radius 2 is 2.00 bits per heavy atom. The fraction of sp³-hybridized carbons (Fsp3) is 0.286. The van der Waals surface area contributed by atoms with Crippen molar-refractivity contribution in [3.8, 4) is 5.75 Å². The number of para-hydroxylation sites is 1. The summed E-state index contributed by atoms with van der Waals surface area (Å²) >= 11 is 0. The molecule has 0 aromatic heterocycles. The van der Waals surface area contributed by atoms with E-state index in [-0.39, 0.29) is 5.91 Å². The van der Waals surface area contributed by atoms with E-state index in [2.05, 4.69) is 11.9 Å². The lowest BCUT2D eigenvalue weighted by Gasteiger charge is -2.46. The normalized spacial score (nSPS) is 19.2. The van der Waals surface area contributed by atoms with Crippen molar-refractivity contribution in [1.29, 1.82) is 0 Å². The van der Waals surface area contributed by atoms with Crippen molar-refractivity contribution in [2.75, 3.05) is 18.5 Å². The van der Waals surface area contributed by atoms with E-state index in [1.165, 1.54) is 0 Å². The number of nitrogens with zero attached hydrogens (tertiary/aromatic N) is 1. The van der Waals surface area contributed by atoms with Crippen molar-refractivity contribution < 1.29 is 9.53 Å². The van der Waals surface area contributed by atoms with Gasteiger partial charge in [0, 0.05) is 17.8 Å². The third-order valence-corrected chi connectivity index (χ3v) is 4.52. The van der Waals surface area contributed by atoms with Crippen LogP contribution in [0.15, 0.2) is 60.7 Å². The maximum absolute atomic E-state index is 13.0. The van der Waals surface area contributed by atoms with E-state index in [1.54, 1.807) is 0 Å². The number of carbonyl (C=O) groups is 1. The maximum Gasteiger partial charge on any atom is 0.258 e. The third-order valence-electron chi connectivity index (χ3n) is 4.52. The summed E-state index contributed by atoms with van der Waals surface area (Å²) in [6, 6.07) is 15.5. The number of carbonyl (C=O) groups excluding carboxylic acids is 1. The molecule has 1 aliphatic rings. The minimum Gasteiger partial charge on any atom is -0.489 e. The summed E-state index contributed by atoms with van der Waals surface area (Å²) in [5, 5.41) is 3.55. The summed E-state index contributed by atoms with van der Waals surface area (Å²) in [6.07, 6.45) is 0. The summed E-state index contributed by atoms with van der Waals surface area (Å²) in [6.45, 7) is 10.9. The van der Waals surface area contributed by atoms with E-state index in [0.29, 0.717) is 18.7 Å². The van der Waals surface area contributed by atoms with Crippen molar-refractivity contribution in [2.45, 2.75) is 26.4 Å². The van der Waals surface area contributed by atoms with E-state index < -0.39 is 5.66 Å². The Hall–Kier alpha value is -2.75. The molecule has 1 aliphatic heterocycles. The molecule has 0 bridgehead atoms. The SMILES string of the molecule is C=C(C)COc1cccc(C2(C)Nc3ccccc3C(=O)N2CC)c1. The third kappa shape index (κ3) is 3.12. The van der Waals surface area contributed by atoms with Gasteiger partial charge < -0.3 is 15.0 Å². The van der Waals surface area contributed by atoms with Crippen molar-refractivity contribution in [3.05, 3.63) is 71.8 Å². The second-order valence-electron chi connectivity index (χ2n) is 6.57. The predicted molar refractivity (Wildman–Crippen MR) is 101 cm³/mol. The Morgan fingerprint density at radius 3 is 2.72 bits per heavy atom. The zero-order valence-corrected chi connectivity index (χ0v) is 15.0. The summed E-state index contributed by atoms with van der Waals surface area (Å²) in [5.41, 5.74) is 2.87. The Labute approximate surface area is 149 Å². The van der Waals surface area contributed by atoms with E-state index in [4.69, 9.17) is 4.74 Å². The monoisotopic (exact) mass is 336 g/mol. The van der Waals surface area contributed by atoms with Crippen LogP contribution in [0.25, 0.3) is 0 Å². The number of ether oxygens (including phenoxy) is 1. The summed E-state index contributed by atoms with van der Waals surface area (Å²) in [7, 11) is 0. The average Bonchev–Trinajstić information content (AvgIpc) is 2.60. The number of fused-ring (bicyclic) bond motifs is 1. The van der Waals surface area contributed by atoms with Gasteiger partial charge in [0.15, 0.2) is 0 Å². The van der Waals surface area contributed by atoms with Crippen LogP contribution in [0.2, 0.25) is 0 Å². The van der Waals surface area contributed by atoms with E-state index in [1.807, 2.05) is 74.2 Å². The van der Waals surface area contributed by atoms with Gasteiger partial charge in [0.2, 0.25) is 0 Å². The van der Waals surface area contributed by atoms with Crippen molar-refractivity contribution in [3.63, 3.8) is 0 Å². The second-order valence-corrected chi connectivity index (χ2v) is 6.57. The van der Waals surface area contributed by atoms with E-state index in [0.717, 1.165) is 22.6 Å². The zero-order chi connectivity index (χ0) is 18.0. The van der Waals surface area contributed by atoms with Crippen molar-refractivity contribution >= 4 is 11.6 Å². The molecule has 0 radical (unpaired) electrons. The van der Waals surface area contributed by atoms with Gasteiger partial charge in [-0.1, -0.05) is 30.8 Å². The molecule has 0 fully saturated rings. The summed E-state index contributed by atoms with van der Waals surface area (Å²) in [4.78, 5) is 14.8. The zero-order valence-electron chi connectivity index (χ0n) is 15.0. The van der Waals surface area contributed by atoms with Crippen molar-refractivity contribution in [1.82, 2.24) is 4.90 Å². The first kappa shape index (κ1) is 17.1. The lowest BCUT2D eigenvalue weighted by Crippen LogP contribution is -2.55. The van der Waals surface area contributed by atoms with Crippen LogP contribution in [0.5, 0.6) is 5.75 Å². The minimum atomic E-state index is -0.636. The molecule has 2 aromatic carbocycles. The van der Waals surface area contributed by atoms with Gasteiger partial charge >= 0.3 is 0 Å². The molecule has 0 spiro atoms. The van der Waals surface area contributed by atoms with Gasteiger partial charge in [0.25, 0.3) is 5.91 Å². The largest absolute Gasteiger partial charge is 0.489 e. The lowest BCUT2D eigenvalue weighted by atomic mass is 9.93. The molecule has 130 valence electrons. The predicted octanol–water partition coefficient (Wildman–Crippen LogP) is 4.40. The van der Waals surface area contributed by atoms with Crippen LogP contribution in [-0.4, -0.2) is 24.0 Å². The van der Waals surface area contributed by atoms with Gasteiger partial charge in [-0.3, -0.25) is 4.79 Å². The second kappa shape index (κ2) is 6.63. The molecule has 4 heteroatoms. The highest BCUT2D eigenvalue weighted by Crippen LogP contribution is 2.38. The first-order valence-electron chi connectivity index (χ1n) is 8.52. The molecule has 0 saturated carbocycles. The molecule has 25 heavy (non-hydrogen) atoms. The highest BCUT2D eigenvalue weighted by Gasteiger charge is 2.41.